The fourth-order valence-corrected chi connectivity index (χ4v) is 3.64. The van der Waals surface area contributed by atoms with Crippen molar-refractivity contribution in [1.82, 2.24) is 14.6 Å². The van der Waals surface area contributed by atoms with Gasteiger partial charge in [0.15, 0.2) is 0 Å². The molecule has 3 aromatic rings. The highest BCUT2D eigenvalue weighted by atomic mass is 19.1. The fraction of sp³-hybridized carbons (Fsp3) is 0.300. The molecule has 2 aromatic heterocycles. The molecule has 1 fully saturated rings. The molecule has 0 spiro atoms. The second-order valence-corrected chi connectivity index (χ2v) is 6.70. The first-order valence-electron chi connectivity index (χ1n) is 9.23. The summed E-state index contributed by atoms with van der Waals surface area (Å²) in [7, 11) is 0. The highest BCUT2D eigenvalue weighted by Gasteiger charge is 2.30. The Labute approximate surface area is 165 Å². The Kier molecular flexibility index (Phi) is 5.10. The zero-order valence-electron chi connectivity index (χ0n) is 15.5. The summed E-state index contributed by atoms with van der Waals surface area (Å²) in [5.41, 5.74) is 1.45. The average molecular weight is 395 g/mol. The van der Waals surface area contributed by atoms with Crippen LogP contribution in [0.2, 0.25) is 0 Å². The van der Waals surface area contributed by atoms with Gasteiger partial charge in [0.2, 0.25) is 5.65 Å². The van der Waals surface area contributed by atoms with E-state index in [1.165, 1.54) is 22.8 Å². The quantitative estimate of drug-likeness (QED) is 0.415. The molecule has 1 saturated heterocycles. The Balaban J connectivity index is 1.75. The lowest BCUT2D eigenvalue weighted by atomic mass is 9.98. The molecule has 8 nitrogen and oxygen atoms in total. The molecule has 1 aliphatic rings. The maximum atomic E-state index is 14.0. The number of halogens is 1. The van der Waals surface area contributed by atoms with Crippen LogP contribution in [-0.2, 0) is 0 Å². The molecule has 29 heavy (non-hydrogen) atoms. The molecule has 0 amide bonds. The molecule has 0 saturated carbocycles. The highest BCUT2D eigenvalue weighted by molar-refractivity contribution is 5.62. The van der Waals surface area contributed by atoms with Gasteiger partial charge in [-0.3, -0.25) is 10.1 Å². The fourth-order valence-electron chi connectivity index (χ4n) is 3.64. The van der Waals surface area contributed by atoms with E-state index < -0.39 is 4.92 Å². The number of aliphatic hydroxyl groups excluding tert-OH is 1. The molecular weight excluding hydrogens is 377 g/mol. The van der Waals surface area contributed by atoms with Crippen LogP contribution in [0.1, 0.15) is 36.4 Å². The smallest absolute Gasteiger partial charge is 0.333 e. The van der Waals surface area contributed by atoms with Crippen molar-refractivity contribution in [2.24, 2.45) is 0 Å². The summed E-state index contributed by atoms with van der Waals surface area (Å²) in [4.78, 5) is 17.2. The molecule has 1 aromatic carbocycles. The number of nitro groups is 1. The van der Waals surface area contributed by atoms with E-state index in [-0.39, 0.29) is 29.8 Å². The van der Waals surface area contributed by atoms with E-state index in [9.17, 15) is 14.5 Å². The van der Waals surface area contributed by atoms with Gasteiger partial charge in [0, 0.05) is 24.7 Å². The van der Waals surface area contributed by atoms with Crippen LogP contribution in [0, 0.1) is 27.8 Å². The van der Waals surface area contributed by atoms with Gasteiger partial charge in [-0.05, 0) is 42.7 Å². The summed E-state index contributed by atoms with van der Waals surface area (Å²) < 4.78 is 15.4. The third-order valence-electron chi connectivity index (χ3n) is 4.91. The molecular formula is C20H18FN5O3. The van der Waals surface area contributed by atoms with Crippen LogP contribution in [0.15, 0.2) is 36.7 Å². The molecule has 1 N–H and O–H groups in total. The summed E-state index contributed by atoms with van der Waals surface area (Å²) in [6.07, 6.45) is 4.81. The van der Waals surface area contributed by atoms with Gasteiger partial charge in [0.05, 0.1) is 17.6 Å². The Morgan fingerprint density at radius 3 is 3.03 bits per heavy atom. The topological polar surface area (TPSA) is 96.8 Å². The Bertz CT molecular complexity index is 1130. The predicted molar refractivity (Wildman–Crippen MR) is 104 cm³/mol. The van der Waals surface area contributed by atoms with Crippen molar-refractivity contribution in [3.63, 3.8) is 0 Å². The van der Waals surface area contributed by atoms with Crippen molar-refractivity contribution in [3.05, 3.63) is 63.7 Å². The lowest BCUT2D eigenvalue weighted by Gasteiger charge is -2.27. The number of hydrogen-bond acceptors (Lipinski definition) is 6. The van der Waals surface area contributed by atoms with Gasteiger partial charge in [-0.25, -0.2) is 13.9 Å². The number of hydrogen-bond donors (Lipinski definition) is 1. The van der Waals surface area contributed by atoms with Crippen LogP contribution < -0.4 is 4.90 Å². The van der Waals surface area contributed by atoms with Crippen molar-refractivity contribution in [2.75, 3.05) is 18.1 Å². The van der Waals surface area contributed by atoms with Crippen LogP contribution in [0.4, 0.5) is 15.9 Å². The second-order valence-electron chi connectivity index (χ2n) is 6.70. The predicted octanol–water partition coefficient (Wildman–Crippen LogP) is 2.85. The van der Waals surface area contributed by atoms with Gasteiger partial charge in [-0.2, -0.15) is 5.10 Å². The van der Waals surface area contributed by atoms with E-state index in [1.807, 2.05) is 4.90 Å². The summed E-state index contributed by atoms with van der Waals surface area (Å²) >= 11 is 0. The third-order valence-corrected chi connectivity index (χ3v) is 4.91. The van der Waals surface area contributed by atoms with E-state index in [1.54, 1.807) is 18.3 Å². The zero-order chi connectivity index (χ0) is 20.4. The number of nitrogens with zero attached hydrogens (tertiary/aromatic N) is 5. The summed E-state index contributed by atoms with van der Waals surface area (Å²) in [5, 5.41) is 24.1. The average Bonchev–Trinajstić information content (AvgIpc) is 3.35. The summed E-state index contributed by atoms with van der Waals surface area (Å²) in [5.74, 6) is 6.12. The van der Waals surface area contributed by atoms with Gasteiger partial charge < -0.3 is 10.0 Å². The van der Waals surface area contributed by atoms with Crippen molar-refractivity contribution in [2.45, 2.75) is 25.3 Å². The highest BCUT2D eigenvalue weighted by Crippen LogP contribution is 2.37. The number of aromatic nitrogens is 3. The largest absolute Gasteiger partial charge is 0.395 e. The first-order chi connectivity index (χ1) is 14.1. The van der Waals surface area contributed by atoms with Gasteiger partial charge >= 0.3 is 5.69 Å². The minimum atomic E-state index is -0.512. The molecule has 0 radical (unpaired) electrons. The van der Waals surface area contributed by atoms with Gasteiger partial charge in [0.25, 0.3) is 0 Å². The molecule has 1 unspecified atom stereocenters. The number of rotatable bonds is 4. The molecule has 9 heteroatoms. The molecule has 3 heterocycles. The van der Waals surface area contributed by atoms with Crippen molar-refractivity contribution in [3.8, 4) is 11.8 Å². The van der Waals surface area contributed by atoms with E-state index >= 15 is 0 Å². The minimum absolute atomic E-state index is 0.0346. The number of benzene rings is 1. The van der Waals surface area contributed by atoms with Crippen LogP contribution in [0.25, 0.3) is 5.65 Å². The number of aliphatic hydroxyl groups is 1. The van der Waals surface area contributed by atoms with E-state index in [0.717, 1.165) is 18.4 Å². The van der Waals surface area contributed by atoms with E-state index in [2.05, 4.69) is 21.9 Å². The molecule has 1 atom stereocenters. The van der Waals surface area contributed by atoms with Crippen LogP contribution in [0.3, 0.4) is 0 Å². The van der Waals surface area contributed by atoms with Crippen LogP contribution >= 0.6 is 0 Å². The first kappa shape index (κ1) is 18.8. The normalized spacial score (nSPS) is 16.1. The van der Waals surface area contributed by atoms with Gasteiger partial charge in [-0.1, -0.05) is 11.8 Å². The van der Waals surface area contributed by atoms with Gasteiger partial charge in [0.1, 0.15) is 17.8 Å². The maximum Gasteiger partial charge on any atom is 0.333 e. The Morgan fingerprint density at radius 2 is 2.24 bits per heavy atom. The van der Waals surface area contributed by atoms with Crippen LogP contribution in [-0.4, -0.2) is 37.8 Å². The maximum absolute atomic E-state index is 14.0. The third kappa shape index (κ3) is 3.62. The molecule has 1 aliphatic heterocycles. The Morgan fingerprint density at radius 1 is 1.38 bits per heavy atom. The van der Waals surface area contributed by atoms with Crippen molar-refractivity contribution < 1.29 is 14.4 Å². The van der Waals surface area contributed by atoms with E-state index in [4.69, 9.17) is 5.11 Å². The number of fused-ring (bicyclic) bond motifs is 1. The van der Waals surface area contributed by atoms with E-state index in [0.29, 0.717) is 24.3 Å². The zero-order valence-corrected chi connectivity index (χ0v) is 15.5. The first-order valence-corrected chi connectivity index (χ1v) is 9.23. The summed E-state index contributed by atoms with van der Waals surface area (Å²) in [6, 6.07) is 6.08. The molecule has 148 valence electrons. The molecule has 4 rings (SSSR count). The van der Waals surface area contributed by atoms with Crippen LogP contribution in [0.5, 0.6) is 0 Å². The lowest BCUT2D eigenvalue weighted by Crippen LogP contribution is -2.24. The van der Waals surface area contributed by atoms with Crippen molar-refractivity contribution >= 4 is 17.2 Å². The number of anilines is 1. The van der Waals surface area contributed by atoms with Crippen molar-refractivity contribution in [1.29, 1.82) is 0 Å². The second kappa shape index (κ2) is 7.85. The molecule has 0 bridgehead atoms. The monoisotopic (exact) mass is 395 g/mol. The summed E-state index contributed by atoms with van der Waals surface area (Å²) in [6.45, 7) is 0.656. The van der Waals surface area contributed by atoms with Gasteiger partial charge in [-0.15, -0.1) is 0 Å². The Hall–Kier alpha value is -3.51. The molecule has 0 aliphatic carbocycles. The minimum Gasteiger partial charge on any atom is -0.395 e. The standard InChI is InChI=1S/C20H18FN5O3/c21-15-7-6-14(4-1-2-11-27)16(12-15)17-5-3-9-24(17)19-8-10-25-20(23-19)18(13-22-25)26(28)29/h6-8,10,12-13,17,27H,2-3,5,9,11H2. The SMILES string of the molecule is O=[N+]([O-])c1cnn2ccc(N3CCCC3c3cc(F)ccc3C#CCCO)nc12. The lowest BCUT2D eigenvalue weighted by molar-refractivity contribution is -0.383.